The van der Waals surface area contributed by atoms with Crippen LogP contribution in [-0.2, 0) is 14.9 Å². The molecule has 1 atom stereocenters. The molecule has 0 fully saturated rings. The van der Waals surface area contributed by atoms with Crippen molar-refractivity contribution in [3.63, 3.8) is 0 Å². The van der Waals surface area contributed by atoms with Gasteiger partial charge >= 0.3 is 0 Å². The minimum atomic E-state index is -3.80. The van der Waals surface area contributed by atoms with Crippen molar-refractivity contribution in [1.29, 1.82) is 5.26 Å². The van der Waals surface area contributed by atoms with Crippen molar-refractivity contribution in [1.82, 2.24) is 4.47 Å². The molecule has 3 rings (SSSR count). The summed E-state index contributed by atoms with van der Waals surface area (Å²) in [6, 6.07) is 22.0. The number of rotatable bonds is 7. The molecule has 0 aromatic heterocycles. The van der Waals surface area contributed by atoms with Crippen LogP contribution in [-0.4, -0.2) is 33.0 Å². The molecule has 1 N–H and O–H groups in total. The molecule has 0 saturated carbocycles. The number of anilines is 1. The number of halogens is 1. The van der Waals surface area contributed by atoms with Crippen molar-refractivity contribution < 1.29 is 18.0 Å². The molecule has 3 aromatic rings. The minimum absolute atomic E-state index is 0.00532. The average molecular weight is 470 g/mol. The number of amides is 1. The predicted octanol–water partition coefficient (Wildman–Crippen LogP) is 4.43. The van der Waals surface area contributed by atoms with Crippen LogP contribution < -0.4 is 5.32 Å². The van der Waals surface area contributed by atoms with Gasteiger partial charge in [-0.15, -0.1) is 0 Å². The highest BCUT2D eigenvalue weighted by atomic mass is 35.5. The number of hydrogen-bond acceptors (Lipinski definition) is 5. The van der Waals surface area contributed by atoms with E-state index in [4.69, 9.17) is 16.4 Å². The van der Waals surface area contributed by atoms with Gasteiger partial charge in [0.2, 0.25) is 0 Å². The summed E-state index contributed by atoms with van der Waals surface area (Å²) in [7, 11) is -1.28. The van der Waals surface area contributed by atoms with E-state index in [2.05, 4.69) is 11.4 Å². The SMILES string of the molecule is CON(C)S(=O)(=O)c1ccc(C(=O)Nc2ccc(C(C#N)c3ccccc3)c(Cl)c2)cc1. The van der Waals surface area contributed by atoms with E-state index >= 15 is 0 Å². The van der Waals surface area contributed by atoms with Gasteiger partial charge in [0.25, 0.3) is 15.9 Å². The summed E-state index contributed by atoms with van der Waals surface area (Å²) in [5.74, 6) is -0.967. The van der Waals surface area contributed by atoms with E-state index in [0.29, 0.717) is 16.3 Å². The number of hydrogen-bond donors (Lipinski definition) is 1. The monoisotopic (exact) mass is 469 g/mol. The van der Waals surface area contributed by atoms with Gasteiger partial charge in [-0.3, -0.25) is 9.63 Å². The van der Waals surface area contributed by atoms with Crippen molar-refractivity contribution in [3.05, 3.63) is 94.5 Å². The maximum atomic E-state index is 12.6. The van der Waals surface area contributed by atoms with Crippen molar-refractivity contribution in [2.24, 2.45) is 0 Å². The quantitative estimate of drug-likeness (QED) is 0.516. The van der Waals surface area contributed by atoms with E-state index in [1.54, 1.807) is 18.2 Å². The van der Waals surface area contributed by atoms with Gasteiger partial charge in [0.05, 0.1) is 24.0 Å². The van der Waals surface area contributed by atoms with E-state index in [9.17, 15) is 18.5 Å². The van der Waals surface area contributed by atoms with Crippen molar-refractivity contribution in [3.8, 4) is 6.07 Å². The molecule has 0 radical (unpaired) electrons. The highest BCUT2D eigenvalue weighted by Crippen LogP contribution is 2.32. The molecule has 32 heavy (non-hydrogen) atoms. The summed E-state index contributed by atoms with van der Waals surface area (Å²) in [4.78, 5) is 17.3. The molecule has 7 nitrogen and oxygen atoms in total. The number of nitriles is 1. The fourth-order valence-corrected chi connectivity index (χ4v) is 4.30. The summed E-state index contributed by atoms with van der Waals surface area (Å²) >= 11 is 6.41. The Balaban J connectivity index is 1.77. The first kappa shape index (κ1) is 23.4. The lowest BCUT2D eigenvalue weighted by Gasteiger charge is -2.15. The van der Waals surface area contributed by atoms with Crippen molar-refractivity contribution in [2.45, 2.75) is 10.8 Å². The van der Waals surface area contributed by atoms with Crippen molar-refractivity contribution >= 4 is 33.2 Å². The van der Waals surface area contributed by atoms with E-state index in [1.165, 1.54) is 38.4 Å². The number of carbonyl (C=O) groups excluding carboxylic acids is 1. The first-order valence-corrected chi connectivity index (χ1v) is 11.3. The second-order valence-electron chi connectivity index (χ2n) is 6.78. The van der Waals surface area contributed by atoms with Gasteiger partial charge in [-0.05, 0) is 47.5 Å². The normalized spacial score (nSPS) is 12.2. The third-order valence-electron chi connectivity index (χ3n) is 4.84. The van der Waals surface area contributed by atoms with E-state index in [-0.39, 0.29) is 10.5 Å². The summed E-state index contributed by atoms with van der Waals surface area (Å²) < 4.78 is 25.2. The lowest BCUT2D eigenvalue weighted by atomic mass is 9.92. The highest BCUT2D eigenvalue weighted by molar-refractivity contribution is 7.89. The standard InChI is InChI=1S/C23H20ClN3O4S/c1-27(31-2)32(29,30)19-11-8-17(9-12-19)23(28)26-18-10-13-20(22(24)14-18)21(15-25)16-6-4-3-5-7-16/h3-14,21H,1-2H3,(H,26,28). The summed E-state index contributed by atoms with van der Waals surface area (Å²) in [6.45, 7) is 0. The Kier molecular flexibility index (Phi) is 7.28. The summed E-state index contributed by atoms with van der Waals surface area (Å²) in [5.41, 5.74) is 2.17. The van der Waals surface area contributed by atoms with Gasteiger partial charge in [-0.2, -0.15) is 5.26 Å². The second kappa shape index (κ2) is 9.94. The first-order valence-electron chi connectivity index (χ1n) is 9.46. The number of nitrogens with zero attached hydrogens (tertiary/aromatic N) is 2. The molecular formula is C23H20ClN3O4S. The lowest BCUT2D eigenvalue weighted by Crippen LogP contribution is -2.25. The largest absolute Gasteiger partial charge is 0.322 e. The predicted molar refractivity (Wildman–Crippen MR) is 122 cm³/mol. The van der Waals surface area contributed by atoms with Gasteiger partial charge in [0.1, 0.15) is 0 Å². The third kappa shape index (κ3) is 4.98. The van der Waals surface area contributed by atoms with Gasteiger partial charge in [0, 0.05) is 23.3 Å². The molecule has 0 spiro atoms. The molecule has 0 aliphatic rings. The topological polar surface area (TPSA) is 99.5 Å². The Labute approximate surface area is 191 Å². The van der Waals surface area contributed by atoms with Crippen LogP contribution in [0.3, 0.4) is 0 Å². The zero-order valence-corrected chi connectivity index (χ0v) is 18.9. The zero-order valence-electron chi connectivity index (χ0n) is 17.3. The Morgan fingerprint density at radius 3 is 2.31 bits per heavy atom. The molecule has 9 heteroatoms. The molecule has 0 heterocycles. The summed E-state index contributed by atoms with van der Waals surface area (Å²) in [5, 5.41) is 12.7. The van der Waals surface area contributed by atoms with Crippen LogP contribution in [0.15, 0.2) is 77.7 Å². The fraction of sp³-hybridized carbons (Fsp3) is 0.130. The number of benzene rings is 3. The minimum Gasteiger partial charge on any atom is -0.322 e. The van der Waals surface area contributed by atoms with Crippen LogP contribution in [0.1, 0.15) is 27.4 Å². The smallest absolute Gasteiger partial charge is 0.264 e. The Hall–Kier alpha value is -3.22. The summed E-state index contributed by atoms with van der Waals surface area (Å²) in [6.07, 6.45) is 0. The van der Waals surface area contributed by atoms with Gasteiger partial charge in [0.15, 0.2) is 0 Å². The maximum Gasteiger partial charge on any atom is 0.264 e. The molecule has 164 valence electrons. The third-order valence-corrected chi connectivity index (χ3v) is 6.86. The molecule has 0 aliphatic carbocycles. The molecule has 3 aromatic carbocycles. The van der Waals surface area contributed by atoms with Crippen LogP contribution in [0, 0.1) is 11.3 Å². The number of hydroxylamine groups is 1. The Morgan fingerprint density at radius 1 is 1.09 bits per heavy atom. The lowest BCUT2D eigenvalue weighted by molar-refractivity contribution is -0.0258. The maximum absolute atomic E-state index is 12.6. The Bertz CT molecular complexity index is 1260. The van der Waals surface area contributed by atoms with E-state index < -0.39 is 21.8 Å². The molecule has 0 aliphatic heterocycles. The molecule has 0 saturated heterocycles. The Morgan fingerprint density at radius 2 is 1.75 bits per heavy atom. The highest BCUT2D eigenvalue weighted by Gasteiger charge is 2.21. The van der Waals surface area contributed by atoms with Crippen molar-refractivity contribution in [2.75, 3.05) is 19.5 Å². The molecule has 0 bridgehead atoms. The number of carbonyl (C=O) groups is 1. The van der Waals surface area contributed by atoms with Crippen LogP contribution in [0.25, 0.3) is 0 Å². The van der Waals surface area contributed by atoms with Gasteiger partial charge in [-0.1, -0.05) is 52.5 Å². The average Bonchev–Trinajstić information content (AvgIpc) is 2.81. The zero-order chi connectivity index (χ0) is 23.3. The molecule has 1 unspecified atom stereocenters. The fourth-order valence-electron chi connectivity index (χ4n) is 3.04. The van der Waals surface area contributed by atoms with Gasteiger partial charge < -0.3 is 5.32 Å². The number of nitrogens with one attached hydrogen (secondary N) is 1. The molecular weight excluding hydrogens is 450 g/mol. The van der Waals surface area contributed by atoms with Gasteiger partial charge in [-0.25, -0.2) is 8.42 Å². The number of sulfonamides is 1. The van der Waals surface area contributed by atoms with Crippen LogP contribution in [0.4, 0.5) is 5.69 Å². The van der Waals surface area contributed by atoms with Crippen LogP contribution in [0.2, 0.25) is 5.02 Å². The van der Waals surface area contributed by atoms with E-state index in [0.717, 1.165) is 10.0 Å². The first-order chi connectivity index (χ1) is 15.3. The second-order valence-corrected chi connectivity index (χ2v) is 9.13. The van der Waals surface area contributed by atoms with Crippen LogP contribution >= 0.6 is 11.6 Å². The van der Waals surface area contributed by atoms with Crippen LogP contribution in [0.5, 0.6) is 0 Å². The van der Waals surface area contributed by atoms with E-state index in [1.807, 2.05) is 30.3 Å². The molecule has 1 amide bonds.